The Morgan fingerprint density at radius 1 is 0.600 bits per heavy atom. The Morgan fingerprint density at radius 2 is 1.04 bits per heavy atom. The number of rotatable bonds is 18. The van der Waals surface area contributed by atoms with Crippen LogP contribution in [-0.2, 0) is 60.8 Å². The molecule has 2 aliphatic heterocycles. The fourth-order valence-corrected chi connectivity index (χ4v) is 7.04. The van der Waals surface area contributed by atoms with Crippen LogP contribution >= 0.6 is 0 Å². The van der Waals surface area contributed by atoms with Gasteiger partial charge in [0.2, 0.25) is 0 Å². The van der Waals surface area contributed by atoms with E-state index in [1.54, 1.807) is 76.2 Å². The van der Waals surface area contributed by atoms with Crippen molar-refractivity contribution in [3.05, 3.63) is 95.1 Å². The number of benzene rings is 2. The topological polar surface area (TPSA) is 180 Å². The molecular formula is C40H44IN2O12-. The normalized spacial score (nSPS) is 15.0. The van der Waals surface area contributed by atoms with Gasteiger partial charge in [0.25, 0.3) is 0 Å². The summed E-state index contributed by atoms with van der Waals surface area (Å²) >= 11 is -1.78. The predicted molar refractivity (Wildman–Crippen MR) is 191 cm³/mol. The molecule has 0 saturated carbocycles. The molecule has 4 rings (SSSR count). The number of carbonyl (C=O) groups excluding carboxylic acids is 8. The van der Waals surface area contributed by atoms with Gasteiger partial charge < -0.3 is 0 Å². The molecule has 4 amide bonds. The van der Waals surface area contributed by atoms with Crippen molar-refractivity contribution in [1.29, 1.82) is 0 Å². The Hall–Kier alpha value is -5.19. The molecule has 0 unspecified atom stereocenters. The number of imide groups is 2. The van der Waals surface area contributed by atoms with Crippen LogP contribution in [0.1, 0.15) is 77.3 Å². The van der Waals surface area contributed by atoms with Crippen LogP contribution in [0.4, 0.5) is 9.59 Å². The summed E-state index contributed by atoms with van der Waals surface area (Å²) in [5, 5.41) is 0. The molecule has 0 N–H and O–H groups in total. The van der Waals surface area contributed by atoms with Crippen molar-refractivity contribution in [2.75, 3.05) is 13.2 Å². The molecule has 0 fully saturated rings. The van der Waals surface area contributed by atoms with Crippen LogP contribution in [-0.4, -0.2) is 77.7 Å². The van der Waals surface area contributed by atoms with Crippen LogP contribution in [0.15, 0.2) is 84.0 Å². The molecule has 0 spiro atoms. The molecule has 2 aromatic carbocycles. The van der Waals surface area contributed by atoms with Crippen LogP contribution in [0, 0.1) is 0 Å². The van der Waals surface area contributed by atoms with E-state index in [4.69, 9.17) is 18.9 Å². The summed E-state index contributed by atoms with van der Waals surface area (Å²) in [4.78, 5) is 103. The predicted octanol–water partition coefficient (Wildman–Crippen LogP) is 2.32. The third kappa shape index (κ3) is 13.6. The second kappa shape index (κ2) is 19.4. The fraction of sp³-hybridized carbons (Fsp3) is 0.400. The average Bonchev–Trinajstić information content (AvgIpc) is 3.11. The Bertz CT molecular complexity index is 1850. The van der Waals surface area contributed by atoms with Gasteiger partial charge in [0.05, 0.1) is 13.1 Å². The van der Waals surface area contributed by atoms with Gasteiger partial charge >= 0.3 is 246 Å². The van der Waals surface area contributed by atoms with Gasteiger partial charge in [-0.25, -0.2) is 0 Å². The van der Waals surface area contributed by atoms with E-state index in [2.05, 4.69) is 0 Å². The van der Waals surface area contributed by atoms with Crippen LogP contribution in [0.5, 0.6) is 0 Å². The van der Waals surface area contributed by atoms with Crippen LogP contribution in [0.2, 0.25) is 0 Å². The van der Waals surface area contributed by atoms with Gasteiger partial charge in [-0.3, -0.25) is 0 Å². The van der Waals surface area contributed by atoms with Crippen molar-refractivity contribution in [3.63, 3.8) is 0 Å². The number of ether oxygens (including phenoxy) is 4. The Kier molecular flexibility index (Phi) is 15.0. The van der Waals surface area contributed by atoms with E-state index >= 15 is 0 Å². The van der Waals surface area contributed by atoms with E-state index in [0.717, 1.165) is 33.1 Å². The first kappa shape index (κ1) is 42.6. The van der Waals surface area contributed by atoms with Crippen molar-refractivity contribution in [2.24, 2.45) is 0 Å². The number of hydrogen-bond donors (Lipinski definition) is 0. The third-order valence-electron chi connectivity index (χ3n) is 8.48. The van der Waals surface area contributed by atoms with Gasteiger partial charge in [0.1, 0.15) is 0 Å². The zero-order chi connectivity index (χ0) is 40.2. The number of amides is 4. The van der Waals surface area contributed by atoms with E-state index in [-0.39, 0.29) is 56.7 Å². The maximum absolute atomic E-state index is 12.8. The molecule has 0 radical (unpaired) electrons. The second-order valence-corrected chi connectivity index (χ2v) is 16.4. The standard InChI is InChI=1S/C40H44IN2O12/c1-39(2,54-36(49)30-23-33(46)43(34(47)24-30)26-28-15-9-6-10-16-28)17-12-20-53-37(50)41-38(51)55-40(3,4)18-11-19-52-35(48)29-21-31(44)42(32(45)22-29)25-27-13-7-5-8-14-27/h5-10,13-16,21,23H,11-12,17-20,22,24-26H2,1-4H3/q-1. The number of esters is 2. The molecule has 2 aromatic rings. The van der Waals surface area contributed by atoms with Gasteiger partial charge in [-0.15, -0.1) is 0 Å². The molecule has 0 saturated heterocycles. The summed E-state index contributed by atoms with van der Waals surface area (Å²) in [6, 6.07) is 18.0. The summed E-state index contributed by atoms with van der Waals surface area (Å²) in [6.07, 6.45) is 2.91. The molecule has 0 aliphatic carbocycles. The Morgan fingerprint density at radius 3 is 1.51 bits per heavy atom. The SMILES string of the molecule is CC(C)(CCCOC(=O)C1=CC(=O)N(Cc2ccccc2)C(=O)C1)OC(=O)[I-]C(=O)OCCCC(C)(C)OC(=O)C1=CC(=O)N(Cc2ccccc2)C(=O)C1. The van der Waals surface area contributed by atoms with Crippen LogP contribution in [0.25, 0.3) is 0 Å². The summed E-state index contributed by atoms with van der Waals surface area (Å²) in [5.74, 6) is -3.74. The molecule has 0 aromatic heterocycles. The van der Waals surface area contributed by atoms with Crippen molar-refractivity contribution in [1.82, 2.24) is 9.80 Å². The van der Waals surface area contributed by atoms with Gasteiger partial charge in [-0.05, 0) is 11.1 Å². The number of nitrogens with zero attached hydrogens (tertiary/aromatic N) is 2. The minimum absolute atomic E-state index is 0.0307. The summed E-state index contributed by atoms with van der Waals surface area (Å²) in [5.41, 5.74) is -0.485. The summed E-state index contributed by atoms with van der Waals surface area (Å²) in [6.45, 7) is 6.76. The van der Waals surface area contributed by atoms with Gasteiger partial charge in [0.15, 0.2) is 0 Å². The van der Waals surface area contributed by atoms with E-state index in [1.807, 2.05) is 12.1 Å². The molecule has 15 heteroatoms. The van der Waals surface area contributed by atoms with Gasteiger partial charge in [-0.2, -0.15) is 0 Å². The van der Waals surface area contributed by atoms with Crippen molar-refractivity contribution >= 4 is 43.5 Å². The fourth-order valence-electron chi connectivity index (χ4n) is 5.60. The summed E-state index contributed by atoms with van der Waals surface area (Å²) < 4.78 is 20.1. The average molecular weight is 872 g/mol. The van der Waals surface area contributed by atoms with E-state index in [0.29, 0.717) is 19.3 Å². The minimum atomic E-state index is -1.78. The number of halogens is 1. The monoisotopic (exact) mass is 871 g/mol. The second-order valence-electron chi connectivity index (χ2n) is 14.1. The maximum atomic E-state index is 12.8. The van der Waals surface area contributed by atoms with Crippen molar-refractivity contribution in [2.45, 2.75) is 90.5 Å². The Balaban J connectivity index is 1.10. The molecule has 2 heterocycles. The quantitative estimate of drug-likeness (QED) is 0.0534. The first-order valence-electron chi connectivity index (χ1n) is 17.6. The summed E-state index contributed by atoms with van der Waals surface area (Å²) in [7, 11) is 0. The van der Waals surface area contributed by atoms with Gasteiger partial charge in [-0.1, -0.05) is 60.7 Å². The van der Waals surface area contributed by atoms with E-state index < -0.39 is 75.9 Å². The van der Waals surface area contributed by atoms with Gasteiger partial charge in [0, 0.05) is 0 Å². The molecule has 294 valence electrons. The molecular weight excluding hydrogens is 827 g/mol. The number of carbonyl (C=O) groups is 8. The molecule has 55 heavy (non-hydrogen) atoms. The first-order chi connectivity index (χ1) is 26.0. The molecule has 14 nitrogen and oxygen atoms in total. The van der Waals surface area contributed by atoms with E-state index in [1.165, 1.54) is 0 Å². The molecule has 2 aliphatic rings. The molecule has 0 atom stereocenters. The van der Waals surface area contributed by atoms with E-state index in [9.17, 15) is 38.4 Å². The third-order valence-corrected chi connectivity index (χ3v) is 9.89. The van der Waals surface area contributed by atoms with Crippen molar-refractivity contribution in [3.8, 4) is 0 Å². The van der Waals surface area contributed by atoms with Crippen LogP contribution < -0.4 is 21.2 Å². The van der Waals surface area contributed by atoms with Crippen LogP contribution in [0.3, 0.4) is 0 Å². The zero-order valence-electron chi connectivity index (χ0n) is 31.2. The molecule has 0 bridgehead atoms. The van der Waals surface area contributed by atoms with Crippen molar-refractivity contribution < 1.29 is 78.5 Å². The number of hydrogen-bond acceptors (Lipinski definition) is 12. The zero-order valence-corrected chi connectivity index (χ0v) is 33.3. The Labute approximate surface area is 329 Å². The first-order valence-corrected chi connectivity index (χ1v) is 19.8.